The van der Waals surface area contributed by atoms with Gasteiger partial charge in [0.15, 0.2) is 0 Å². The third kappa shape index (κ3) is 8.17. The summed E-state index contributed by atoms with van der Waals surface area (Å²) in [6.45, 7) is 2.38. The number of aryl methyl sites for hydroxylation is 1. The first-order valence-corrected chi connectivity index (χ1v) is 12.5. The Morgan fingerprint density at radius 1 is 1.14 bits per heavy atom. The van der Waals surface area contributed by atoms with Gasteiger partial charge in [0.1, 0.15) is 11.4 Å². The molecule has 0 radical (unpaired) electrons. The third-order valence-corrected chi connectivity index (χ3v) is 6.70. The summed E-state index contributed by atoms with van der Waals surface area (Å²) < 4.78 is 42.3. The zero-order chi connectivity index (χ0) is 26.8. The fourth-order valence-electron chi connectivity index (χ4n) is 3.62. The van der Waals surface area contributed by atoms with E-state index in [0.29, 0.717) is 42.9 Å². The van der Waals surface area contributed by atoms with Crippen molar-refractivity contribution in [2.24, 2.45) is 10.4 Å². The number of nitrogens with zero attached hydrogens (tertiary/aromatic N) is 3. The van der Waals surface area contributed by atoms with Gasteiger partial charge in [0, 0.05) is 34.5 Å². The fourth-order valence-corrected chi connectivity index (χ4v) is 4.58. The smallest absolute Gasteiger partial charge is 0.389 e. The van der Waals surface area contributed by atoms with Crippen LogP contribution in [0, 0.1) is 0 Å². The minimum Gasteiger partial charge on any atom is -0.494 e. The van der Waals surface area contributed by atoms with Gasteiger partial charge >= 0.3 is 6.18 Å². The Labute approximate surface area is 216 Å². The Hall–Kier alpha value is -3.67. The van der Waals surface area contributed by atoms with Crippen LogP contribution < -0.4 is 20.7 Å². The summed E-state index contributed by atoms with van der Waals surface area (Å²) in [5.41, 5.74) is 3.97. The van der Waals surface area contributed by atoms with E-state index in [4.69, 9.17) is 4.74 Å². The molecule has 1 aromatic carbocycles. The van der Waals surface area contributed by atoms with Crippen LogP contribution in [0.3, 0.4) is 0 Å². The van der Waals surface area contributed by atoms with Crippen molar-refractivity contribution in [3.8, 4) is 27.4 Å². The van der Waals surface area contributed by atoms with Gasteiger partial charge in [0.2, 0.25) is 6.41 Å². The molecule has 3 rings (SSSR count). The van der Waals surface area contributed by atoms with Crippen LogP contribution in [0.5, 0.6) is 5.75 Å². The molecule has 0 spiro atoms. The second-order valence-corrected chi connectivity index (χ2v) is 9.32. The molecule has 2 heterocycles. The average molecular weight is 536 g/mol. The van der Waals surface area contributed by atoms with Gasteiger partial charge < -0.3 is 9.72 Å². The topological polar surface area (TPSA) is 99.2 Å². The van der Waals surface area contributed by atoms with Crippen molar-refractivity contribution >= 4 is 23.4 Å². The number of hydrogen-bond acceptors (Lipinski definition) is 6. The van der Waals surface area contributed by atoms with Crippen LogP contribution in [0.4, 0.5) is 18.9 Å². The van der Waals surface area contributed by atoms with Crippen LogP contribution in [0.1, 0.15) is 37.5 Å². The number of carbonyl (C=O) groups is 1. The number of halogens is 3. The molecule has 1 amide bonds. The van der Waals surface area contributed by atoms with E-state index >= 15 is 0 Å². The van der Waals surface area contributed by atoms with E-state index in [2.05, 4.69) is 27.8 Å². The molecule has 0 unspecified atom stereocenters. The van der Waals surface area contributed by atoms with Gasteiger partial charge in [-0.1, -0.05) is 6.92 Å². The van der Waals surface area contributed by atoms with E-state index < -0.39 is 12.6 Å². The van der Waals surface area contributed by atoms with Crippen molar-refractivity contribution in [1.29, 1.82) is 0 Å². The highest BCUT2D eigenvalue weighted by Crippen LogP contribution is 2.36. The highest BCUT2D eigenvalue weighted by molar-refractivity contribution is 7.15. The van der Waals surface area contributed by atoms with Crippen LogP contribution in [-0.2, 0) is 11.2 Å². The number of nitrogens with one attached hydrogen (secondary N) is 2. The first-order chi connectivity index (χ1) is 17.7. The SMILES string of the molecule is CCc1ccc(-c2cc(-c3ccc(OCCCCCC(F)(F)F)cc3)[nH]c(=O)c2N(C)/N=N\NC=O)s1. The predicted molar refractivity (Wildman–Crippen MR) is 138 cm³/mol. The van der Waals surface area contributed by atoms with Gasteiger partial charge in [0.05, 0.1) is 6.61 Å². The van der Waals surface area contributed by atoms with Gasteiger partial charge in [-0.05, 0) is 84.2 Å². The van der Waals surface area contributed by atoms with Crippen LogP contribution in [0.2, 0.25) is 0 Å². The minimum atomic E-state index is -4.12. The molecule has 3 aromatic rings. The quantitative estimate of drug-likeness (QED) is 0.116. The van der Waals surface area contributed by atoms with E-state index in [1.165, 1.54) is 5.01 Å². The number of thiophene rings is 1. The Bertz CT molecular complexity index is 1260. The number of aromatic nitrogens is 1. The van der Waals surface area contributed by atoms with E-state index in [0.717, 1.165) is 21.7 Å². The molecule has 198 valence electrons. The molecule has 2 N–H and O–H groups in total. The second-order valence-electron chi connectivity index (χ2n) is 8.15. The number of ether oxygens (including phenoxy) is 1. The number of aromatic amines is 1. The number of unbranched alkanes of at least 4 members (excludes halogenated alkanes) is 2. The summed E-state index contributed by atoms with van der Waals surface area (Å²) in [5.74, 6) is 0.590. The van der Waals surface area contributed by atoms with Crippen LogP contribution >= 0.6 is 11.3 Å². The zero-order valence-electron chi connectivity index (χ0n) is 20.5. The normalized spacial score (nSPS) is 11.6. The molecule has 0 aliphatic heterocycles. The monoisotopic (exact) mass is 535 g/mol. The molecule has 2 aromatic heterocycles. The van der Waals surface area contributed by atoms with Crippen LogP contribution in [-0.4, -0.2) is 31.2 Å². The van der Waals surface area contributed by atoms with E-state index in [9.17, 15) is 22.8 Å². The standard InChI is InChI=1S/C25H28F3N5O3S/c1-3-19-11-12-22(37-19)20-15-21(30-24(35)23(20)33(2)32-31-29-16-34)17-7-9-18(10-8-17)36-14-6-4-5-13-25(26,27)28/h7-12,15-16H,3-6,13-14H2,1-2H3,(H,30,35)(H,29,32,34). The lowest BCUT2D eigenvalue weighted by Gasteiger charge is -2.16. The number of pyridine rings is 1. The summed E-state index contributed by atoms with van der Waals surface area (Å²) in [5, 5.41) is 8.68. The zero-order valence-corrected chi connectivity index (χ0v) is 21.3. The summed E-state index contributed by atoms with van der Waals surface area (Å²) in [4.78, 5) is 28.5. The Balaban J connectivity index is 1.79. The maximum Gasteiger partial charge on any atom is 0.389 e. The van der Waals surface area contributed by atoms with Crippen LogP contribution in [0.15, 0.2) is 57.7 Å². The van der Waals surface area contributed by atoms with Crippen molar-refractivity contribution in [3.05, 3.63) is 57.7 Å². The molecule has 0 atom stereocenters. The fraction of sp³-hybridized carbons (Fsp3) is 0.360. The van der Waals surface area contributed by atoms with Crippen molar-refractivity contribution < 1.29 is 22.7 Å². The lowest BCUT2D eigenvalue weighted by molar-refractivity contribution is -0.135. The maximum atomic E-state index is 13.1. The number of amides is 1. The molecular weight excluding hydrogens is 507 g/mol. The van der Waals surface area contributed by atoms with Gasteiger partial charge in [-0.25, -0.2) is 10.4 Å². The molecule has 0 saturated carbocycles. The molecule has 0 saturated heterocycles. The number of carbonyl (C=O) groups excluding carboxylic acids is 1. The minimum absolute atomic E-state index is 0.0889. The largest absolute Gasteiger partial charge is 0.494 e. The Kier molecular flexibility index (Phi) is 9.84. The molecular formula is C25H28F3N5O3S. The molecule has 0 aliphatic rings. The number of H-pyrrole nitrogens is 1. The number of alkyl halides is 3. The van der Waals surface area contributed by atoms with Crippen molar-refractivity contribution in [2.75, 3.05) is 18.7 Å². The maximum absolute atomic E-state index is 13.1. The molecule has 8 nitrogen and oxygen atoms in total. The Morgan fingerprint density at radius 3 is 2.54 bits per heavy atom. The van der Waals surface area contributed by atoms with Crippen molar-refractivity contribution in [3.63, 3.8) is 0 Å². The molecule has 0 bridgehead atoms. The molecule has 12 heteroatoms. The van der Waals surface area contributed by atoms with Crippen molar-refractivity contribution in [1.82, 2.24) is 10.4 Å². The van der Waals surface area contributed by atoms with Gasteiger partial charge in [-0.2, -0.15) is 13.2 Å². The number of anilines is 1. The summed E-state index contributed by atoms with van der Waals surface area (Å²) in [6.07, 6.45) is -2.60. The van der Waals surface area contributed by atoms with Crippen molar-refractivity contribution in [2.45, 2.75) is 45.2 Å². The molecule has 0 aliphatic carbocycles. The lowest BCUT2D eigenvalue weighted by atomic mass is 10.1. The number of hydrogen-bond donors (Lipinski definition) is 2. The lowest BCUT2D eigenvalue weighted by Crippen LogP contribution is -2.22. The first kappa shape index (κ1) is 27.9. The van der Waals surface area contributed by atoms with Gasteiger partial charge in [-0.3, -0.25) is 9.59 Å². The second kappa shape index (κ2) is 13.0. The summed E-state index contributed by atoms with van der Waals surface area (Å²) in [6, 6.07) is 12.9. The van der Waals surface area contributed by atoms with E-state index in [1.807, 2.05) is 18.2 Å². The summed E-state index contributed by atoms with van der Waals surface area (Å²) >= 11 is 1.57. The van der Waals surface area contributed by atoms with Gasteiger partial charge in [-0.15, -0.1) is 11.3 Å². The third-order valence-electron chi connectivity index (χ3n) is 5.43. The highest BCUT2D eigenvalue weighted by Gasteiger charge is 2.25. The summed E-state index contributed by atoms with van der Waals surface area (Å²) in [7, 11) is 1.56. The average Bonchev–Trinajstić information content (AvgIpc) is 3.35. The molecule has 37 heavy (non-hydrogen) atoms. The van der Waals surface area contributed by atoms with E-state index in [1.54, 1.807) is 42.6 Å². The number of rotatable bonds is 13. The molecule has 0 fully saturated rings. The number of benzene rings is 1. The first-order valence-electron chi connectivity index (χ1n) is 11.7. The van der Waals surface area contributed by atoms with Gasteiger partial charge in [0.25, 0.3) is 5.56 Å². The predicted octanol–water partition coefficient (Wildman–Crippen LogP) is 6.30. The van der Waals surface area contributed by atoms with E-state index in [-0.39, 0.29) is 17.7 Å². The Morgan fingerprint density at radius 2 is 1.89 bits per heavy atom. The van der Waals surface area contributed by atoms with Crippen LogP contribution in [0.25, 0.3) is 21.7 Å². The highest BCUT2D eigenvalue weighted by atomic mass is 32.1.